The molecule has 0 bridgehead atoms. The van der Waals surface area contributed by atoms with Crippen LogP contribution in [0.5, 0.6) is 0 Å². The molecule has 0 N–H and O–H groups in total. The average molecular weight is 301 g/mol. The molecule has 1 rings (SSSR count). The van der Waals surface area contributed by atoms with Crippen LogP contribution in [0.1, 0.15) is 20.8 Å². The molecule has 1 saturated heterocycles. The summed E-state index contributed by atoms with van der Waals surface area (Å²) in [5.41, 5.74) is 8.49. The van der Waals surface area contributed by atoms with Gasteiger partial charge < -0.3 is 18.9 Å². The van der Waals surface area contributed by atoms with Gasteiger partial charge in [0.1, 0.15) is 0 Å². The third-order valence-corrected chi connectivity index (χ3v) is 2.49. The number of hydrogen-bond donors (Lipinski definition) is 0. The first-order valence-corrected chi connectivity index (χ1v) is 6.02. The monoisotopic (exact) mass is 301 g/mol. The van der Waals surface area contributed by atoms with E-state index in [9.17, 15) is 14.4 Å². The summed E-state index contributed by atoms with van der Waals surface area (Å²) in [4.78, 5) is 36.0. The minimum Gasteiger partial charge on any atom is -0.456 e. The van der Waals surface area contributed by atoms with Crippen molar-refractivity contribution < 1.29 is 33.3 Å². The minimum absolute atomic E-state index is 0.168. The third-order valence-electron chi connectivity index (χ3n) is 2.49. The Morgan fingerprint density at radius 3 is 2.05 bits per heavy atom. The van der Waals surface area contributed by atoms with E-state index < -0.39 is 42.4 Å². The minimum atomic E-state index is -1.21. The van der Waals surface area contributed by atoms with Gasteiger partial charge in [-0.3, -0.25) is 14.4 Å². The molecule has 0 aromatic rings. The highest BCUT2D eigenvalue weighted by atomic mass is 16.6. The van der Waals surface area contributed by atoms with Crippen LogP contribution in [0.15, 0.2) is 5.11 Å². The largest absolute Gasteiger partial charge is 0.456 e. The first-order chi connectivity index (χ1) is 9.85. The average Bonchev–Trinajstić information content (AvgIpc) is 2.35. The molecule has 21 heavy (non-hydrogen) atoms. The molecular weight excluding hydrogens is 286 g/mol. The lowest BCUT2D eigenvalue weighted by atomic mass is 10.0. The van der Waals surface area contributed by atoms with Crippen LogP contribution in [-0.2, 0) is 33.3 Å². The van der Waals surface area contributed by atoms with E-state index in [4.69, 9.17) is 24.5 Å². The molecule has 1 heterocycles. The van der Waals surface area contributed by atoms with Gasteiger partial charge in [0.25, 0.3) is 0 Å². The second-order valence-electron chi connectivity index (χ2n) is 4.22. The van der Waals surface area contributed by atoms with Crippen molar-refractivity contribution in [3.8, 4) is 0 Å². The molecule has 0 saturated carbocycles. The van der Waals surface area contributed by atoms with Crippen molar-refractivity contribution in [2.75, 3.05) is 6.61 Å². The Morgan fingerprint density at radius 2 is 1.57 bits per heavy atom. The zero-order valence-corrected chi connectivity index (χ0v) is 11.7. The van der Waals surface area contributed by atoms with Gasteiger partial charge in [-0.25, -0.2) is 0 Å². The third kappa shape index (κ3) is 4.93. The number of ether oxygens (including phenoxy) is 4. The molecule has 0 aliphatic carbocycles. The van der Waals surface area contributed by atoms with Crippen molar-refractivity contribution in [2.24, 2.45) is 5.11 Å². The normalized spacial score (nSPS) is 28.0. The predicted molar refractivity (Wildman–Crippen MR) is 65.5 cm³/mol. The fourth-order valence-corrected chi connectivity index (χ4v) is 1.87. The molecule has 1 aliphatic heterocycles. The van der Waals surface area contributed by atoms with Gasteiger partial charge in [0, 0.05) is 25.7 Å². The van der Waals surface area contributed by atoms with E-state index in [-0.39, 0.29) is 6.61 Å². The molecule has 10 heteroatoms. The SMILES string of the molecule is CC(=O)O[C@@H]1[C@@H](OC(C)=O)[C@H](OC(C)=O)CO[C@H]1N=[N+]=[N-]. The summed E-state index contributed by atoms with van der Waals surface area (Å²) < 4.78 is 20.2. The predicted octanol–water partition coefficient (Wildman–Crippen LogP) is 0.448. The van der Waals surface area contributed by atoms with Crippen molar-refractivity contribution in [2.45, 2.75) is 45.3 Å². The molecule has 1 aliphatic rings. The molecule has 0 aromatic carbocycles. The fraction of sp³-hybridized carbons (Fsp3) is 0.727. The molecule has 0 spiro atoms. The Hall–Kier alpha value is -2.32. The Morgan fingerprint density at radius 1 is 1.05 bits per heavy atom. The highest BCUT2D eigenvalue weighted by molar-refractivity contribution is 5.68. The summed E-state index contributed by atoms with van der Waals surface area (Å²) in [6, 6.07) is 0. The van der Waals surface area contributed by atoms with Crippen LogP contribution in [0.3, 0.4) is 0 Å². The lowest BCUT2D eigenvalue weighted by molar-refractivity contribution is -0.224. The lowest BCUT2D eigenvalue weighted by Crippen LogP contribution is -2.56. The standard InChI is InChI=1S/C11H15N3O7/c1-5(15)19-8-4-18-11(13-14-12)10(21-7(3)17)9(8)20-6(2)16/h8-11H,4H2,1-3H3/t8-,9+,10-,11-/m1/s1. The van der Waals surface area contributed by atoms with Crippen molar-refractivity contribution in [1.82, 2.24) is 0 Å². The van der Waals surface area contributed by atoms with Gasteiger partial charge in [-0.1, -0.05) is 5.11 Å². The van der Waals surface area contributed by atoms with Crippen LogP contribution in [0.25, 0.3) is 10.4 Å². The Balaban J connectivity index is 3.05. The molecule has 0 unspecified atom stereocenters. The zero-order chi connectivity index (χ0) is 16.0. The van der Waals surface area contributed by atoms with E-state index in [1.54, 1.807) is 0 Å². The highest BCUT2D eigenvalue weighted by Gasteiger charge is 2.46. The summed E-state index contributed by atoms with van der Waals surface area (Å²) in [5.74, 6) is -1.98. The Labute approximate surface area is 119 Å². The van der Waals surface area contributed by atoms with E-state index in [1.807, 2.05) is 0 Å². The summed E-state index contributed by atoms with van der Waals surface area (Å²) >= 11 is 0. The van der Waals surface area contributed by atoms with Gasteiger partial charge in [0.05, 0.1) is 6.61 Å². The molecule has 0 aromatic heterocycles. The summed E-state index contributed by atoms with van der Waals surface area (Å²) in [7, 11) is 0. The Kier molecular flexibility index (Phi) is 5.94. The van der Waals surface area contributed by atoms with Gasteiger partial charge in [-0.2, -0.15) is 0 Å². The van der Waals surface area contributed by atoms with Crippen LogP contribution in [0.2, 0.25) is 0 Å². The molecule has 4 atom stereocenters. The van der Waals surface area contributed by atoms with Crippen LogP contribution in [0.4, 0.5) is 0 Å². The molecule has 1 fully saturated rings. The van der Waals surface area contributed by atoms with Crippen LogP contribution < -0.4 is 0 Å². The fourth-order valence-electron chi connectivity index (χ4n) is 1.87. The van der Waals surface area contributed by atoms with E-state index in [0.717, 1.165) is 13.8 Å². The number of esters is 3. The Bertz CT molecular complexity index is 474. The van der Waals surface area contributed by atoms with Crippen LogP contribution in [-0.4, -0.2) is 49.1 Å². The maximum absolute atomic E-state index is 11.2. The second-order valence-corrected chi connectivity index (χ2v) is 4.22. The molecule has 10 nitrogen and oxygen atoms in total. The van der Waals surface area contributed by atoms with Crippen molar-refractivity contribution in [3.05, 3.63) is 10.4 Å². The quantitative estimate of drug-likeness (QED) is 0.241. The summed E-state index contributed by atoms with van der Waals surface area (Å²) in [5, 5.41) is 3.34. The topological polar surface area (TPSA) is 137 Å². The number of azide groups is 1. The number of hydrogen-bond acceptors (Lipinski definition) is 8. The van der Waals surface area contributed by atoms with Gasteiger partial charge in [0.2, 0.25) is 0 Å². The first-order valence-electron chi connectivity index (χ1n) is 6.02. The van der Waals surface area contributed by atoms with Crippen molar-refractivity contribution >= 4 is 17.9 Å². The molecular formula is C11H15N3O7. The second kappa shape index (κ2) is 7.46. The maximum atomic E-state index is 11.2. The van der Waals surface area contributed by atoms with Gasteiger partial charge >= 0.3 is 17.9 Å². The zero-order valence-electron chi connectivity index (χ0n) is 11.7. The van der Waals surface area contributed by atoms with Crippen molar-refractivity contribution in [1.29, 1.82) is 0 Å². The number of nitrogens with zero attached hydrogens (tertiary/aromatic N) is 3. The van der Waals surface area contributed by atoms with Gasteiger partial charge in [-0.05, 0) is 5.53 Å². The summed E-state index contributed by atoms with van der Waals surface area (Å²) in [6.07, 6.45) is -4.49. The van der Waals surface area contributed by atoms with E-state index in [2.05, 4.69) is 10.0 Å². The smallest absolute Gasteiger partial charge is 0.303 e. The van der Waals surface area contributed by atoms with Gasteiger partial charge in [-0.15, -0.1) is 0 Å². The first kappa shape index (κ1) is 16.7. The molecule has 116 valence electrons. The van der Waals surface area contributed by atoms with Crippen LogP contribution >= 0.6 is 0 Å². The highest BCUT2D eigenvalue weighted by Crippen LogP contribution is 2.25. The van der Waals surface area contributed by atoms with E-state index in [0.29, 0.717) is 0 Å². The van der Waals surface area contributed by atoms with E-state index in [1.165, 1.54) is 6.92 Å². The van der Waals surface area contributed by atoms with E-state index >= 15 is 0 Å². The maximum Gasteiger partial charge on any atom is 0.303 e. The molecule has 0 radical (unpaired) electrons. The summed E-state index contributed by atoms with van der Waals surface area (Å²) in [6.45, 7) is 3.28. The number of rotatable bonds is 4. The number of carbonyl (C=O) groups is 3. The molecule has 0 amide bonds. The van der Waals surface area contributed by atoms with Crippen molar-refractivity contribution in [3.63, 3.8) is 0 Å². The van der Waals surface area contributed by atoms with Gasteiger partial charge in [0.15, 0.2) is 24.5 Å². The van der Waals surface area contributed by atoms with Crippen LogP contribution in [0, 0.1) is 0 Å². The lowest BCUT2D eigenvalue weighted by Gasteiger charge is -2.38. The number of carbonyl (C=O) groups excluding carboxylic acids is 3.